The average molecular weight is 401 g/mol. The number of hydrogen-bond acceptors (Lipinski definition) is 5. The van der Waals surface area contributed by atoms with Gasteiger partial charge in [-0.25, -0.2) is 9.97 Å². The number of carbonyl (C=O) groups excluding carboxylic acids is 1. The van der Waals surface area contributed by atoms with E-state index in [2.05, 4.69) is 33.5 Å². The summed E-state index contributed by atoms with van der Waals surface area (Å²) in [6.07, 6.45) is 11.8. The first-order valence-corrected chi connectivity index (χ1v) is 10.3. The fourth-order valence-corrected chi connectivity index (χ4v) is 4.69. The Bertz CT molecular complexity index is 1200. The number of rotatable bonds is 3. The van der Waals surface area contributed by atoms with Crippen LogP contribution in [0.4, 0.5) is 5.69 Å². The van der Waals surface area contributed by atoms with E-state index in [9.17, 15) is 4.79 Å². The van der Waals surface area contributed by atoms with E-state index in [4.69, 9.17) is 4.98 Å². The Labute approximate surface area is 172 Å². The van der Waals surface area contributed by atoms with Crippen LogP contribution in [-0.4, -0.2) is 25.4 Å². The van der Waals surface area contributed by atoms with E-state index in [1.165, 1.54) is 22.5 Å². The molecule has 0 bridgehead atoms. The van der Waals surface area contributed by atoms with Crippen molar-refractivity contribution in [2.24, 2.45) is 0 Å². The van der Waals surface area contributed by atoms with E-state index in [0.29, 0.717) is 5.01 Å². The lowest BCUT2D eigenvalue weighted by atomic mass is 10.0. The average Bonchev–Trinajstić information content (AvgIpc) is 3.38. The molecule has 0 atom stereocenters. The van der Waals surface area contributed by atoms with Gasteiger partial charge in [-0.3, -0.25) is 9.78 Å². The number of nitrogens with zero attached hydrogens (tertiary/aromatic N) is 4. The standard InChI is InChI=1S/C22H19N5OS/c1-14-12-23-8-7-18(14)25-21(28)22-26-19-4-2-3-15-5-6-16(27-10-9-24-13-27)11-17(15)20(19)29-22/h5-13H,2-4H2,1H3,(H,23,25,28). The largest absolute Gasteiger partial charge is 0.320 e. The van der Waals surface area contributed by atoms with Crippen LogP contribution in [0.3, 0.4) is 0 Å². The second kappa shape index (κ2) is 7.25. The topological polar surface area (TPSA) is 72.7 Å². The van der Waals surface area contributed by atoms with Crippen LogP contribution in [0.15, 0.2) is 55.4 Å². The normalized spacial score (nSPS) is 12.7. The molecule has 0 aliphatic heterocycles. The first kappa shape index (κ1) is 17.8. The number of anilines is 1. The molecule has 0 saturated carbocycles. The van der Waals surface area contributed by atoms with E-state index < -0.39 is 0 Å². The van der Waals surface area contributed by atoms with Crippen molar-refractivity contribution in [3.8, 4) is 16.1 Å². The van der Waals surface area contributed by atoms with Crippen molar-refractivity contribution in [3.05, 3.63) is 77.2 Å². The first-order valence-electron chi connectivity index (χ1n) is 9.52. The predicted octanol–water partition coefficient (Wildman–Crippen LogP) is 4.44. The lowest BCUT2D eigenvalue weighted by Crippen LogP contribution is -2.12. The summed E-state index contributed by atoms with van der Waals surface area (Å²) in [5.74, 6) is -0.176. The SMILES string of the molecule is Cc1cnccc1NC(=O)c1nc2c(s1)-c1cc(-n3ccnc3)ccc1CCC2. The molecule has 6 nitrogen and oxygen atoms in total. The van der Waals surface area contributed by atoms with Gasteiger partial charge in [0.05, 0.1) is 16.9 Å². The van der Waals surface area contributed by atoms with Crippen LogP contribution in [0, 0.1) is 6.92 Å². The molecule has 29 heavy (non-hydrogen) atoms. The summed E-state index contributed by atoms with van der Waals surface area (Å²) in [7, 11) is 0. The number of thiazole rings is 1. The smallest absolute Gasteiger partial charge is 0.284 e. The summed E-state index contributed by atoms with van der Waals surface area (Å²) in [5.41, 5.74) is 6.22. The molecule has 0 fully saturated rings. The molecule has 0 saturated heterocycles. The summed E-state index contributed by atoms with van der Waals surface area (Å²) in [6.45, 7) is 1.92. The number of imidazole rings is 1. The van der Waals surface area contributed by atoms with Crippen LogP contribution in [0.1, 0.15) is 33.0 Å². The van der Waals surface area contributed by atoms with Gasteiger partial charge in [0.25, 0.3) is 5.91 Å². The van der Waals surface area contributed by atoms with Crippen LogP contribution in [0.25, 0.3) is 16.1 Å². The summed E-state index contributed by atoms with van der Waals surface area (Å²) in [4.78, 5) is 26.8. The Morgan fingerprint density at radius 3 is 2.93 bits per heavy atom. The monoisotopic (exact) mass is 401 g/mol. The van der Waals surface area contributed by atoms with Gasteiger partial charge in [0.15, 0.2) is 5.01 Å². The van der Waals surface area contributed by atoms with Crippen molar-refractivity contribution < 1.29 is 4.79 Å². The second-order valence-corrected chi connectivity index (χ2v) is 8.10. The van der Waals surface area contributed by atoms with Crippen molar-refractivity contribution in [1.82, 2.24) is 19.5 Å². The third kappa shape index (κ3) is 3.34. The zero-order valence-corrected chi connectivity index (χ0v) is 16.7. The minimum absolute atomic E-state index is 0.176. The number of benzene rings is 1. The predicted molar refractivity (Wildman–Crippen MR) is 114 cm³/mol. The van der Waals surface area contributed by atoms with Crippen molar-refractivity contribution in [2.75, 3.05) is 5.32 Å². The molecule has 1 aliphatic carbocycles. The molecule has 7 heteroatoms. The molecule has 3 heterocycles. The number of amides is 1. The van der Waals surface area contributed by atoms with Gasteiger partial charge in [-0.1, -0.05) is 6.07 Å². The van der Waals surface area contributed by atoms with Gasteiger partial charge >= 0.3 is 0 Å². The minimum atomic E-state index is -0.176. The summed E-state index contributed by atoms with van der Waals surface area (Å²) >= 11 is 1.47. The Balaban J connectivity index is 1.52. The molecule has 0 unspecified atom stereocenters. The van der Waals surface area contributed by atoms with Crippen LogP contribution < -0.4 is 5.32 Å². The van der Waals surface area contributed by atoms with E-state index in [1.807, 2.05) is 17.7 Å². The van der Waals surface area contributed by atoms with E-state index in [1.54, 1.807) is 31.0 Å². The number of fused-ring (bicyclic) bond motifs is 3. The Morgan fingerprint density at radius 2 is 2.10 bits per heavy atom. The Hall–Kier alpha value is -3.32. The van der Waals surface area contributed by atoms with Gasteiger partial charge in [0.2, 0.25) is 0 Å². The molecular formula is C22H19N5OS. The minimum Gasteiger partial charge on any atom is -0.320 e. The molecular weight excluding hydrogens is 382 g/mol. The van der Waals surface area contributed by atoms with Gasteiger partial charge in [-0.15, -0.1) is 11.3 Å². The maximum atomic E-state index is 12.8. The van der Waals surface area contributed by atoms with Crippen molar-refractivity contribution in [3.63, 3.8) is 0 Å². The number of pyridine rings is 1. The molecule has 1 amide bonds. The fourth-order valence-electron chi connectivity index (χ4n) is 3.63. The quantitative estimate of drug-likeness (QED) is 0.551. The number of hydrogen-bond donors (Lipinski definition) is 1. The van der Waals surface area contributed by atoms with E-state index in [0.717, 1.165) is 46.8 Å². The van der Waals surface area contributed by atoms with Crippen molar-refractivity contribution in [1.29, 1.82) is 0 Å². The van der Waals surface area contributed by atoms with Gasteiger partial charge in [-0.2, -0.15) is 0 Å². The molecule has 0 spiro atoms. The Kier molecular flexibility index (Phi) is 4.44. The third-order valence-corrected chi connectivity index (χ3v) is 6.29. The summed E-state index contributed by atoms with van der Waals surface area (Å²) in [6, 6.07) is 8.28. The highest BCUT2D eigenvalue weighted by molar-refractivity contribution is 7.17. The van der Waals surface area contributed by atoms with E-state index in [-0.39, 0.29) is 5.91 Å². The lowest BCUT2D eigenvalue weighted by Gasteiger charge is -2.09. The van der Waals surface area contributed by atoms with Crippen LogP contribution >= 0.6 is 11.3 Å². The molecule has 1 N–H and O–H groups in total. The lowest BCUT2D eigenvalue weighted by molar-refractivity contribution is 0.102. The maximum absolute atomic E-state index is 12.8. The number of nitrogens with one attached hydrogen (secondary N) is 1. The first-order chi connectivity index (χ1) is 14.2. The second-order valence-electron chi connectivity index (χ2n) is 7.10. The number of aromatic nitrogens is 4. The van der Waals surface area contributed by atoms with Gasteiger partial charge in [0.1, 0.15) is 0 Å². The van der Waals surface area contributed by atoms with Gasteiger partial charge in [-0.05, 0) is 61.1 Å². The molecule has 1 aliphatic rings. The molecule has 0 radical (unpaired) electrons. The highest BCUT2D eigenvalue weighted by Gasteiger charge is 2.23. The highest BCUT2D eigenvalue weighted by Crippen LogP contribution is 2.38. The molecule has 3 aromatic heterocycles. The fraction of sp³-hybridized carbons (Fsp3) is 0.182. The van der Waals surface area contributed by atoms with Crippen LogP contribution in [0.2, 0.25) is 0 Å². The summed E-state index contributed by atoms with van der Waals surface area (Å²) < 4.78 is 1.99. The molecule has 1 aromatic carbocycles. The Morgan fingerprint density at radius 1 is 1.17 bits per heavy atom. The van der Waals surface area contributed by atoms with Gasteiger partial charge in [0, 0.05) is 36.2 Å². The maximum Gasteiger partial charge on any atom is 0.284 e. The van der Waals surface area contributed by atoms with Crippen LogP contribution in [-0.2, 0) is 12.8 Å². The molecule has 4 aromatic rings. The van der Waals surface area contributed by atoms with E-state index >= 15 is 0 Å². The zero-order valence-electron chi connectivity index (χ0n) is 15.9. The molecule has 144 valence electrons. The zero-order chi connectivity index (χ0) is 19.8. The number of aryl methyl sites for hydroxylation is 3. The highest BCUT2D eigenvalue weighted by atomic mass is 32.1. The number of carbonyl (C=O) groups is 1. The third-order valence-electron chi connectivity index (χ3n) is 5.16. The van der Waals surface area contributed by atoms with Gasteiger partial charge < -0.3 is 9.88 Å². The molecule has 5 rings (SSSR count). The van der Waals surface area contributed by atoms with Crippen molar-refractivity contribution in [2.45, 2.75) is 26.2 Å². The van der Waals surface area contributed by atoms with Crippen molar-refractivity contribution >= 4 is 22.9 Å². The summed E-state index contributed by atoms with van der Waals surface area (Å²) in [5, 5.41) is 3.46. The van der Waals surface area contributed by atoms with Crippen LogP contribution in [0.5, 0.6) is 0 Å².